The average Bonchev–Trinajstić information content (AvgIpc) is 2.84. The summed E-state index contributed by atoms with van der Waals surface area (Å²) in [6.45, 7) is 4.21. The van der Waals surface area contributed by atoms with Crippen LogP contribution in [0.5, 0.6) is 11.5 Å². The zero-order valence-electron chi connectivity index (χ0n) is 18.8. The summed E-state index contributed by atoms with van der Waals surface area (Å²) in [6, 6.07) is 15.8. The molecule has 33 heavy (non-hydrogen) atoms. The number of likely N-dealkylation sites (tertiary alicyclic amines) is 1. The zero-order chi connectivity index (χ0) is 23.5. The van der Waals surface area contributed by atoms with Gasteiger partial charge in [-0.3, -0.25) is 9.59 Å². The Kier molecular flexibility index (Phi) is 9.11. The molecule has 1 saturated heterocycles. The average molecular weight is 455 g/mol. The molecule has 0 unspecified atom stereocenters. The Hall–Kier alpha value is -3.55. The first-order valence-corrected chi connectivity index (χ1v) is 11.2. The lowest BCUT2D eigenvalue weighted by molar-refractivity contribution is -0.133. The van der Waals surface area contributed by atoms with Gasteiger partial charge in [-0.2, -0.15) is 0 Å². The smallest absolute Gasteiger partial charge is 0.493 e. The Labute approximate surface area is 193 Å². The van der Waals surface area contributed by atoms with Crippen molar-refractivity contribution in [2.24, 2.45) is 5.92 Å². The number of benzene rings is 2. The molecular formula is C25H30N2O6. The van der Waals surface area contributed by atoms with Crippen molar-refractivity contribution in [2.75, 3.05) is 32.8 Å². The molecule has 0 aromatic heterocycles. The number of para-hydroxylation sites is 1. The lowest BCUT2D eigenvalue weighted by atomic mass is 9.96. The highest BCUT2D eigenvalue weighted by Crippen LogP contribution is 2.18. The number of carbonyl (C=O) groups excluding carboxylic acids is 3. The lowest BCUT2D eigenvalue weighted by Crippen LogP contribution is -2.41. The van der Waals surface area contributed by atoms with Crippen molar-refractivity contribution in [3.05, 3.63) is 60.2 Å². The predicted octanol–water partition coefficient (Wildman–Crippen LogP) is 3.66. The number of nitrogens with zero attached hydrogens (tertiary/aromatic N) is 1. The van der Waals surface area contributed by atoms with E-state index in [4.69, 9.17) is 14.2 Å². The van der Waals surface area contributed by atoms with Crippen LogP contribution in [0.25, 0.3) is 0 Å². The fourth-order valence-corrected chi connectivity index (χ4v) is 3.57. The third kappa shape index (κ3) is 7.82. The van der Waals surface area contributed by atoms with Gasteiger partial charge in [0.1, 0.15) is 11.5 Å². The van der Waals surface area contributed by atoms with Gasteiger partial charge >= 0.3 is 6.16 Å². The molecule has 1 fully saturated rings. The van der Waals surface area contributed by atoms with E-state index in [1.807, 2.05) is 35.2 Å². The molecule has 2 amide bonds. The molecule has 3 rings (SSSR count). The van der Waals surface area contributed by atoms with Crippen LogP contribution in [0.4, 0.5) is 4.79 Å². The van der Waals surface area contributed by atoms with Crippen LogP contribution in [-0.4, -0.2) is 55.7 Å². The number of amides is 2. The van der Waals surface area contributed by atoms with Gasteiger partial charge in [-0.1, -0.05) is 18.2 Å². The van der Waals surface area contributed by atoms with E-state index in [2.05, 4.69) is 5.32 Å². The maximum absolute atomic E-state index is 12.4. The third-order valence-electron chi connectivity index (χ3n) is 5.43. The van der Waals surface area contributed by atoms with E-state index in [0.717, 1.165) is 18.6 Å². The van der Waals surface area contributed by atoms with Gasteiger partial charge in [-0.25, -0.2) is 4.79 Å². The summed E-state index contributed by atoms with van der Waals surface area (Å²) in [6.07, 6.45) is 1.27. The summed E-state index contributed by atoms with van der Waals surface area (Å²) in [5.41, 5.74) is 0.484. The standard InChI is InChI=1S/C25H30N2O6/c1-2-31-25(30)33-22-10-8-20(9-11-22)24(29)26-18-19-12-15-27(16-13-19)23(28)14-17-32-21-6-4-3-5-7-21/h3-11,19H,2,12-18H2,1H3,(H,26,29). The summed E-state index contributed by atoms with van der Waals surface area (Å²) in [5, 5.41) is 2.95. The second kappa shape index (κ2) is 12.5. The van der Waals surface area contributed by atoms with Crippen molar-refractivity contribution in [2.45, 2.75) is 26.2 Å². The predicted molar refractivity (Wildman–Crippen MR) is 122 cm³/mol. The van der Waals surface area contributed by atoms with Gasteiger partial charge in [0.05, 0.1) is 19.6 Å². The molecule has 8 nitrogen and oxygen atoms in total. The Morgan fingerprint density at radius 1 is 0.970 bits per heavy atom. The van der Waals surface area contributed by atoms with Crippen LogP contribution in [0.2, 0.25) is 0 Å². The number of ether oxygens (including phenoxy) is 3. The number of rotatable bonds is 9. The summed E-state index contributed by atoms with van der Waals surface area (Å²) in [7, 11) is 0. The highest BCUT2D eigenvalue weighted by molar-refractivity contribution is 5.94. The molecule has 0 radical (unpaired) electrons. The normalized spacial score (nSPS) is 13.8. The third-order valence-corrected chi connectivity index (χ3v) is 5.43. The number of hydrogen-bond donors (Lipinski definition) is 1. The van der Waals surface area contributed by atoms with Crippen LogP contribution in [0, 0.1) is 5.92 Å². The molecule has 1 heterocycles. The first-order valence-electron chi connectivity index (χ1n) is 11.2. The lowest BCUT2D eigenvalue weighted by Gasteiger charge is -2.32. The number of piperidine rings is 1. The molecule has 1 aliphatic rings. The molecule has 2 aromatic carbocycles. The minimum absolute atomic E-state index is 0.0959. The van der Waals surface area contributed by atoms with Crippen LogP contribution in [0.1, 0.15) is 36.5 Å². The molecular weight excluding hydrogens is 424 g/mol. The van der Waals surface area contributed by atoms with E-state index in [1.54, 1.807) is 31.2 Å². The van der Waals surface area contributed by atoms with E-state index in [1.165, 1.54) is 0 Å². The van der Waals surface area contributed by atoms with Gasteiger partial charge in [-0.05, 0) is 62.1 Å². The van der Waals surface area contributed by atoms with Gasteiger partial charge in [0.15, 0.2) is 0 Å². The maximum Gasteiger partial charge on any atom is 0.513 e. The van der Waals surface area contributed by atoms with Crippen molar-refractivity contribution >= 4 is 18.0 Å². The molecule has 0 saturated carbocycles. The molecule has 0 spiro atoms. The van der Waals surface area contributed by atoms with Gasteiger partial charge in [0, 0.05) is 25.2 Å². The van der Waals surface area contributed by atoms with Crippen LogP contribution in [0.3, 0.4) is 0 Å². The van der Waals surface area contributed by atoms with Crippen molar-refractivity contribution in [3.8, 4) is 11.5 Å². The summed E-state index contributed by atoms with van der Waals surface area (Å²) >= 11 is 0. The van der Waals surface area contributed by atoms with Crippen LogP contribution in [0.15, 0.2) is 54.6 Å². The van der Waals surface area contributed by atoms with E-state index in [-0.39, 0.29) is 18.4 Å². The van der Waals surface area contributed by atoms with Gasteiger partial charge < -0.3 is 24.4 Å². The molecule has 0 atom stereocenters. The second-order valence-corrected chi connectivity index (χ2v) is 7.76. The Morgan fingerprint density at radius 2 is 1.67 bits per heavy atom. The fourth-order valence-electron chi connectivity index (χ4n) is 3.57. The van der Waals surface area contributed by atoms with Crippen LogP contribution in [-0.2, 0) is 9.53 Å². The van der Waals surface area contributed by atoms with Gasteiger partial charge in [-0.15, -0.1) is 0 Å². The fraction of sp³-hybridized carbons (Fsp3) is 0.400. The Balaban J connectivity index is 1.34. The SMILES string of the molecule is CCOC(=O)Oc1ccc(C(=O)NCC2CCN(C(=O)CCOc3ccccc3)CC2)cc1. The van der Waals surface area contributed by atoms with Crippen molar-refractivity contribution in [3.63, 3.8) is 0 Å². The Morgan fingerprint density at radius 3 is 2.33 bits per heavy atom. The molecule has 0 aliphatic carbocycles. The van der Waals surface area contributed by atoms with Crippen molar-refractivity contribution in [1.29, 1.82) is 0 Å². The first-order chi connectivity index (χ1) is 16.0. The van der Waals surface area contributed by atoms with E-state index in [0.29, 0.717) is 49.9 Å². The molecule has 1 N–H and O–H groups in total. The van der Waals surface area contributed by atoms with Crippen LogP contribution >= 0.6 is 0 Å². The first kappa shape index (κ1) is 24.1. The molecule has 176 valence electrons. The Bertz CT molecular complexity index is 908. The monoisotopic (exact) mass is 454 g/mol. The number of hydrogen-bond acceptors (Lipinski definition) is 6. The van der Waals surface area contributed by atoms with Crippen molar-refractivity contribution in [1.82, 2.24) is 10.2 Å². The highest BCUT2D eigenvalue weighted by atomic mass is 16.7. The quantitative estimate of drug-likeness (QED) is 0.459. The van der Waals surface area contributed by atoms with Crippen LogP contribution < -0.4 is 14.8 Å². The number of carbonyl (C=O) groups is 3. The van der Waals surface area contributed by atoms with E-state index >= 15 is 0 Å². The van der Waals surface area contributed by atoms with Crippen molar-refractivity contribution < 1.29 is 28.6 Å². The minimum Gasteiger partial charge on any atom is -0.493 e. The largest absolute Gasteiger partial charge is 0.513 e. The molecule has 1 aliphatic heterocycles. The summed E-state index contributed by atoms with van der Waals surface area (Å²) in [5.74, 6) is 1.31. The minimum atomic E-state index is -0.775. The topological polar surface area (TPSA) is 94.2 Å². The highest BCUT2D eigenvalue weighted by Gasteiger charge is 2.23. The summed E-state index contributed by atoms with van der Waals surface area (Å²) in [4.78, 5) is 38.0. The van der Waals surface area contributed by atoms with E-state index in [9.17, 15) is 14.4 Å². The zero-order valence-corrected chi connectivity index (χ0v) is 18.8. The van der Waals surface area contributed by atoms with Gasteiger partial charge in [0.25, 0.3) is 5.91 Å². The number of nitrogens with one attached hydrogen (secondary N) is 1. The summed E-state index contributed by atoms with van der Waals surface area (Å²) < 4.78 is 15.3. The molecule has 2 aromatic rings. The van der Waals surface area contributed by atoms with Gasteiger partial charge in [0.2, 0.25) is 5.91 Å². The second-order valence-electron chi connectivity index (χ2n) is 7.76. The van der Waals surface area contributed by atoms with E-state index < -0.39 is 6.16 Å². The molecule has 8 heteroatoms. The maximum atomic E-state index is 12.4. The molecule has 0 bridgehead atoms.